The average Bonchev–Trinajstić information content (AvgIpc) is 3.13. The van der Waals surface area contributed by atoms with Crippen molar-refractivity contribution in [3.05, 3.63) is 47.5 Å². The number of halogens is 4. The van der Waals surface area contributed by atoms with Gasteiger partial charge in [-0.3, -0.25) is 0 Å². The number of guanidine groups is 1. The van der Waals surface area contributed by atoms with Crippen molar-refractivity contribution in [1.29, 1.82) is 0 Å². The molecule has 1 unspecified atom stereocenters. The number of benzene rings is 1. The first kappa shape index (κ1) is 28.0. The van der Waals surface area contributed by atoms with Crippen molar-refractivity contribution in [2.24, 2.45) is 12.0 Å². The molecule has 0 aliphatic rings. The largest absolute Gasteiger partial charge is 0.494 e. The molecule has 7 nitrogen and oxygen atoms in total. The minimum Gasteiger partial charge on any atom is -0.494 e. The fourth-order valence-corrected chi connectivity index (χ4v) is 3.09. The molecule has 0 radical (unpaired) electrons. The summed E-state index contributed by atoms with van der Waals surface area (Å²) in [5.74, 6) is 0.614. The maximum Gasteiger partial charge on any atom is 0.424 e. The van der Waals surface area contributed by atoms with Crippen molar-refractivity contribution in [3.63, 3.8) is 0 Å². The molecular weight excluding hydrogens is 538 g/mol. The molecule has 0 amide bonds. The fraction of sp³-hybridized carbons (Fsp3) is 0.524. The van der Waals surface area contributed by atoms with Gasteiger partial charge in [0.2, 0.25) is 5.60 Å². The summed E-state index contributed by atoms with van der Waals surface area (Å²) in [4.78, 5) is 8.15. The zero-order chi connectivity index (χ0) is 23.1. The van der Waals surface area contributed by atoms with Gasteiger partial charge in [-0.15, -0.1) is 24.0 Å². The van der Waals surface area contributed by atoms with Gasteiger partial charge in [-0.2, -0.15) is 13.2 Å². The van der Waals surface area contributed by atoms with E-state index in [-0.39, 0.29) is 37.1 Å². The Labute approximate surface area is 203 Å². The zero-order valence-electron chi connectivity index (χ0n) is 18.7. The molecule has 1 aromatic carbocycles. The molecule has 2 rings (SSSR count). The predicted octanol–water partition coefficient (Wildman–Crippen LogP) is 3.64. The van der Waals surface area contributed by atoms with Crippen LogP contribution in [0.3, 0.4) is 0 Å². The summed E-state index contributed by atoms with van der Waals surface area (Å²) >= 11 is 0. The lowest BCUT2D eigenvalue weighted by atomic mass is 9.97. The van der Waals surface area contributed by atoms with Crippen LogP contribution in [0, 0.1) is 6.92 Å². The highest BCUT2D eigenvalue weighted by Crippen LogP contribution is 2.40. The number of aliphatic imine (C=N–C) groups is 1. The van der Waals surface area contributed by atoms with Gasteiger partial charge < -0.3 is 25.0 Å². The summed E-state index contributed by atoms with van der Waals surface area (Å²) in [6.07, 6.45) is -2.91. The molecule has 32 heavy (non-hydrogen) atoms. The first-order chi connectivity index (χ1) is 14.6. The van der Waals surface area contributed by atoms with Gasteiger partial charge in [0.1, 0.15) is 11.6 Å². The maximum absolute atomic E-state index is 13.6. The van der Waals surface area contributed by atoms with Crippen LogP contribution in [-0.2, 0) is 19.2 Å². The number of rotatable bonds is 9. The highest BCUT2D eigenvalue weighted by Gasteiger charge is 2.57. The predicted molar refractivity (Wildman–Crippen MR) is 128 cm³/mol. The normalized spacial score (nSPS) is 13.8. The molecule has 0 saturated heterocycles. The third-order valence-corrected chi connectivity index (χ3v) is 4.71. The summed E-state index contributed by atoms with van der Waals surface area (Å²) in [6.45, 7) is 6.88. The fourth-order valence-electron chi connectivity index (χ4n) is 3.09. The molecule has 0 aliphatic heterocycles. The van der Waals surface area contributed by atoms with E-state index in [1.165, 1.54) is 24.0 Å². The highest BCUT2D eigenvalue weighted by atomic mass is 127. The number of ether oxygens (including phenoxy) is 1. The molecular formula is C21H31F3IN5O2. The molecule has 1 aromatic heterocycles. The van der Waals surface area contributed by atoms with Crippen molar-refractivity contribution in [2.45, 2.75) is 45.5 Å². The minimum atomic E-state index is -4.88. The van der Waals surface area contributed by atoms with Gasteiger partial charge in [-0.05, 0) is 32.4 Å². The average molecular weight is 569 g/mol. The van der Waals surface area contributed by atoms with Crippen LogP contribution in [-0.4, -0.2) is 46.5 Å². The first-order valence-corrected chi connectivity index (χ1v) is 10.1. The number of imidazole rings is 1. The monoisotopic (exact) mass is 569 g/mol. The van der Waals surface area contributed by atoms with Crippen molar-refractivity contribution in [1.82, 2.24) is 20.2 Å². The molecule has 0 spiro atoms. The van der Waals surface area contributed by atoms with Crippen LogP contribution in [0.5, 0.6) is 5.75 Å². The highest BCUT2D eigenvalue weighted by molar-refractivity contribution is 14.0. The van der Waals surface area contributed by atoms with Gasteiger partial charge in [0.25, 0.3) is 0 Å². The third kappa shape index (κ3) is 6.99. The molecule has 1 heterocycles. The van der Waals surface area contributed by atoms with Gasteiger partial charge in [0.15, 0.2) is 5.96 Å². The molecule has 0 aliphatic carbocycles. The molecule has 0 saturated carbocycles. The summed E-state index contributed by atoms with van der Waals surface area (Å²) in [5, 5.41) is 16.3. The first-order valence-electron chi connectivity index (χ1n) is 10.1. The van der Waals surface area contributed by atoms with Crippen LogP contribution in [0.15, 0.2) is 35.6 Å². The van der Waals surface area contributed by atoms with E-state index in [9.17, 15) is 18.3 Å². The number of nitrogens with one attached hydrogen (secondary N) is 2. The summed E-state index contributed by atoms with van der Waals surface area (Å²) in [5.41, 5.74) is -1.15. The van der Waals surface area contributed by atoms with Crippen molar-refractivity contribution in [3.8, 4) is 5.75 Å². The zero-order valence-corrected chi connectivity index (χ0v) is 21.0. The lowest BCUT2D eigenvalue weighted by Crippen LogP contribution is -2.47. The third-order valence-electron chi connectivity index (χ3n) is 4.71. The number of aryl methyl sites for hydroxylation is 2. The van der Waals surface area contributed by atoms with Crippen LogP contribution in [0.1, 0.15) is 37.2 Å². The summed E-state index contributed by atoms with van der Waals surface area (Å²) < 4.78 is 47.8. The molecule has 1 atom stereocenters. The number of aliphatic hydroxyl groups is 1. The van der Waals surface area contributed by atoms with Gasteiger partial charge >= 0.3 is 6.18 Å². The second-order valence-electron chi connectivity index (χ2n) is 7.14. The Balaban J connectivity index is 0.00000512. The van der Waals surface area contributed by atoms with E-state index in [2.05, 4.69) is 20.6 Å². The molecule has 2 aromatic rings. The second kappa shape index (κ2) is 12.3. The van der Waals surface area contributed by atoms with Crippen LogP contribution in [0.4, 0.5) is 13.2 Å². The smallest absolute Gasteiger partial charge is 0.424 e. The SMILES string of the molecule is CCNC(=NCc1ccc(C)cc1OCC)NCCC(O)(c1nccn1C)C(F)(F)F.I. The lowest BCUT2D eigenvalue weighted by Gasteiger charge is -2.30. The van der Waals surface area contributed by atoms with E-state index in [4.69, 9.17) is 4.74 Å². The number of hydrogen-bond acceptors (Lipinski definition) is 4. The van der Waals surface area contributed by atoms with Gasteiger partial charge in [0.05, 0.1) is 13.2 Å². The number of nitrogens with zero attached hydrogens (tertiary/aromatic N) is 3. The number of hydrogen-bond donors (Lipinski definition) is 3. The topological polar surface area (TPSA) is 83.7 Å². The van der Waals surface area contributed by atoms with Gasteiger partial charge in [0, 0.05) is 44.5 Å². The summed E-state index contributed by atoms with van der Waals surface area (Å²) in [7, 11) is 1.41. The Morgan fingerprint density at radius 2 is 1.97 bits per heavy atom. The second-order valence-corrected chi connectivity index (χ2v) is 7.14. The van der Waals surface area contributed by atoms with Crippen molar-refractivity contribution >= 4 is 29.9 Å². The minimum absolute atomic E-state index is 0. The quantitative estimate of drug-likeness (QED) is 0.244. The Hall–Kier alpha value is -2.02. The lowest BCUT2D eigenvalue weighted by molar-refractivity contribution is -0.272. The van der Waals surface area contributed by atoms with Crippen LogP contribution in [0.2, 0.25) is 0 Å². The summed E-state index contributed by atoms with van der Waals surface area (Å²) in [6, 6.07) is 5.78. The molecule has 3 N–H and O–H groups in total. The Bertz CT molecular complexity index is 889. The van der Waals surface area contributed by atoms with Gasteiger partial charge in [-0.25, -0.2) is 9.98 Å². The van der Waals surface area contributed by atoms with Crippen LogP contribution < -0.4 is 15.4 Å². The van der Waals surface area contributed by atoms with E-state index in [0.29, 0.717) is 19.1 Å². The van der Waals surface area contributed by atoms with Crippen LogP contribution in [0.25, 0.3) is 0 Å². The van der Waals surface area contributed by atoms with Crippen molar-refractivity contribution < 1.29 is 23.0 Å². The Kier molecular flexibility index (Phi) is 10.8. The Morgan fingerprint density at radius 1 is 1.25 bits per heavy atom. The standard InChI is InChI=1S/C21H30F3N5O2.HI/c1-5-25-19(28-14-16-8-7-15(3)13-17(16)31-6-2)27-10-9-20(30,21(22,23)24)18-26-11-12-29(18)4;/h7-8,11-13,30H,5-6,9-10,14H2,1-4H3,(H2,25,27,28);1H. The van der Waals surface area contributed by atoms with E-state index in [1.807, 2.05) is 39.0 Å². The van der Waals surface area contributed by atoms with Crippen molar-refractivity contribution in [2.75, 3.05) is 19.7 Å². The molecule has 11 heteroatoms. The number of alkyl halides is 3. The molecule has 0 fully saturated rings. The molecule has 0 bridgehead atoms. The van der Waals surface area contributed by atoms with E-state index >= 15 is 0 Å². The van der Waals surface area contributed by atoms with E-state index in [1.54, 1.807) is 0 Å². The van der Waals surface area contributed by atoms with Crippen LogP contribution >= 0.6 is 24.0 Å². The number of aromatic nitrogens is 2. The maximum atomic E-state index is 13.6. The van der Waals surface area contributed by atoms with E-state index < -0.39 is 24.0 Å². The molecule has 180 valence electrons. The van der Waals surface area contributed by atoms with E-state index in [0.717, 1.165) is 16.9 Å². The Morgan fingerprint density at radius 3 is 2.53 bits per heavy atom. The van der Waals surface area contributed by atoms with Gasteiger partial charge in [-0.1, -0.05) is 12.1 Å².